The van der Waals surface area contributed by atoms with Crippen molar-refractivity contribution in [2.45, 2.75) is 20.3 Å². The van der Waals surface area contributed by atoms with Crippen LogP contribution in [-0.4, -0.2) is 34.5 Å². The van der Waals surface area contributed by atoms with E-state index in [2.05, 4.69) is 0 Å². The summed E-state index contributed by atoms with van der Waals surface area (Å²) < 4.78 is 0. The molecule has 0 aromatic rings. The van der Waals surface area contributed by atoms with Crippen molar-refractivity contribution in [1.29, 1.82) is 0 Å². The molecule has 3 N–H and O–H groups in total. The van der Waals surface area contributed by atoms with E-state index >= 15 is 0 Å². The van der Waals surface area contributed by atoms with Gasteiger partial charge >= 0.3 is 5.97 Å². The minimum absolute atomic E-state index is 0.311. The number of carboxylic acid groups (broad SMARTS) is 1. The molecule has 0 saturated carbocycles. The summed E-state index contributed by atoms with van der Waals surface area (Å²) in [6.45, 7) is 2.67. The summed E-state index contributed by atoms with van der Waals surface area (Å²) in [5, 5.41) is 26.6. The van der Waals surface area contributed by atoms with Gasteiger partial charge in [0.25, 0.3) is 0 Å². The van der Waals surface area contributed by atoms with Gasteiger partial charge in [0, 0.05) is 5.41 Å². The molecule has 0 aliphatic rings. The fourth-order valence-corrected chi connectivity index (χ4v) is 1.24. The highest BCUT2D eigenvalue weighted by Crippen LogP contribution is 2.28. The van der Waals surface area contributed by atoms with E-state index in [0.29, 0.717) is 6.42 Å². The Labute approximate surface area is 71.8 Å². The number of aliphatic hydroxyl groups excluding tert-OH is 2. The molecular weight excluding hydrogens is 160 g/mol. The van der Waals surface area contributed by atoms with Gasteiger partial charge in [0.2, 0.25) is 0 Å². The van der Waals surface area contributed by atoms with Gasteiger partial charge in [0.15, 0.2) is 0 Å². The monoisotopic (exact) mass is 176 g/mol. The summed E-state index contributed by atoms with van der Waals surface area (Å²) in [5.41, 5.74) is -0.916. The molecule has 72 valence electrons. The van der Waals surface area contributed by atoms with Crippen LogP contribution in [0.4, 0.5) is 0 Å². The predicted molar refractivity (Wildman–Crippen MR) is 43.7 cm³/mol. The molecule has 0 fully saturated rings. The maximum absolute atomic E-state index is 10.7. The van der Waals surface area contributed by atoms with Crippen LogP contribution in [0.25, 0.3) is 0 Å². The van der Waals surface area contributed by atoms with Crippen LogP contribution < -0.4 is 0 Å². The van der Waals surface area contributed by atoms with Crippen LogP contribution in [0.1, 0.15) is 20.3 Å². The largest absolute Gasteiger partial charge is 0.481 e. The third kappa shape index (κ3) is 2.19. The molecule has 1 atom stereocenters. The lowest BCUT2D eigenvalue weighted by molar-refractivity contribution is -0.149. The first-order valence-corrected chi connectivity index (χ1v) is 3.96. The van der Waals surface area contributed by atoms with Gasteiger partial charge in [-0.2, -0.15) is 0 Å². The van der Waals surface area contributed by atoms with E-state index in [1.165, 1.54) is 0 Å². The minimum atomic E-state index is -0.969. The SMILES string of the molecule is CCC(C(=O)O)C(C)(CO)CO. The second kappa shape index (κ2) is 4.42. The Morgan fingerprint density at radius 1 is 1.42 bits per heavy atom. The molecule has 12 heavy (non-hydrogen) atoms. The lowest BCUT2D eigenvalue weighted by Gasteiger charge is -2.30. The van der Waals surface area contributed by atoms with Crippen molar-refractivity contribution in [2.75, 3.05) is 13.2 Å². The van der Waals surface area contributed by atoms with Gasteiger partial charge in [-0.15, -0.1) is 0 Å². The van der Waals surface area contributed by atoms with Crippen LogP contribution in [0.15, 0.2) is 0 Å². The van der Waals surface area contributed by atoms with Crippen LogP contribution in [0, 0.1) is 11.3 Å². The van der Waals surface area contributed by atoms with Gasteiger partial charge in [-0.25, -0.2) is 0 Å². The second-order valence-corrected chi connectivity index (χ2v) is 3.27. The third-order valence-corrected chi connectivity index (χ3v) is 2.27. The number of carbonyl (C=O) groups is 1. The van der Waals surface area contributed by atoms with Gasteiger partial charge in [0.05, 0.1) is 19.1 Å². The average molecular weight is 176 g/mol. The number of hydrogen-bond donors (Lipinski definition) is 3. The lowest BCUT2D eigenvalue weighted by atomic mass is 9.77. The van der Waals surface area contributed by atoms with Gasteiger partial charge in [0.1, 0.15) is 0 Å². The van der Waals surface area contributed by atoms with Crippen molar-refractivity contribution in [3.63, 3.8) is 0 Å². The summed E-state index contributed by atoms with van der Waals surface area (Å²) in [6, 6.07) is 0. The molecule has 0 heterocycles. The molecule has 0 rings (SSSR count). The Kier molecular flexibility index (Phi) is 4.20. The van der Waals surface area contributed by atoms with E-state index in [4.69, 9.17) is 15.3 Å². The maximum Gasteiger partial charge on any atom is 0.307 e. The Morgan fingerprint density at radius 2 is 1.83 bits per heavy atom. The maximum atomic E-state index is 10.7. The molecular formula is C8H16O4. The fraction of sp³-hybridized carbons (Fsp3) is 0.875. The van der Waals surface area contributed by atoms with E-state index in [1.807, 2.05) is 0 Å². The fourth-order valence-electron chi connectivity index (χ4n) is 1.24. The zero-order valence-corrected chi connectivity index (χ0v) is 7.45. The van der Waals surface area contributed by atoms with Crippen LogP contribution in [-0.2, 0) is 4.79 Å². The van der Waals surface area contributed by atoms with Crippen LogP contribution in [0.5, 0.6) is 0 Å². The molecule has 0 amide bonds. The topological polar surface area (TPSA) is 77.8 Å². The summed E-state index contributed by atoms with van der Waals surface area (Å²) >= 11 is 0. The molecule has 4 nitrogen and oxygen atoms in total. The van der Waals surface area contributed by atoms with Gasteiger partial charge in [-0.1, -0.05) is 13.8 Å². The molecule has 0 aromatic heterocycles. The third-order valence-electron chi connectivity index (χ3n) is 2.27. The Bertz CT molecular complexity index is 151. The smallest absolute Gasteiger partial charge is 0.307 e. The number of rotatable bonds is 5. The van der Waals surface area contributed by atoms with Crippen LogP contribution in [0.3, 0.4) is 0 Å². The summed E-state index contributed by atoms with van der Waals surface area (Å²) in [5.74, 6) is -1.66. The first kappa shape index (κ1) is 11.4. The van der Waals surface area contributed by atoms with Crippen molar-refractivity contribution in [3.8, 4) is 0 Å². The molecule has 0 radical (unpaired) electrons. The number of hydrogen-bond acceptors (Lipinski definition) is 3. The lowest BCUT2D eigenvalue weighted by Crippen LogP contribution is -2.39. The first-order valence-electron chi connectivity index (χ1n) is 3.96. The molecule has 1 unspecified atom stereocenters. The molecule has 0 aromatic carbocycles. The van der Waals surface area contributed by atoms with E-state index in [0.717, 1.165) is 0 Å². The van der Waals surface area contributed by atoms with Crippen molar-refractivity contribution in [2.24, 2.45) is 11.3 Å². The molecule has 0 saturated heterocycles. The summed E-state index contributed by atoms with van der Waals surface area (Å²) in [4.78, 5) is 10.7. The summed E-state index contributed by atoms with van der Waals surface area (Å²) in [6.07, 6.45) is 0.410. The van der Waals surface area contributed by atoms with Gasteiger partial charge < -0.3 is 15.3 Å². The highest BCUT2D eigenvalue weighted by molar-refractivity contribution is 5.71. The number of carboxylic acids is 1. The summed E-state index contributed by atoms with van der Waals surface area (Å²) in [7, 11) is 0. The molecule has 0 bridgehead atoms. The van der Waals surface area contributed by atoms with Crippen molar-refractivity contribution in [3.05, 3.63) is 0 Å². The normalized spacial score (nSPS) is 14.3. The van der Waals surface area contributed by atoms with Crippen molar-refractivity contribution in [1.82, 2.24) is 0 Å². The first-order chi connectivity index (χ1) is 5.51. The van der Waals surface area contributed by atoms with E-state index < -0.39 is 17.3 Å². The van der Waals surface area contributed by atoms with Gasteiger partial charge in [-0.3, -0.25) is 4.79 Å². The number of aliphatic hydroxyl groups is 2. The van der Waals surface area contributed by atoms with E-state index in [9.17, 15) is 4.79 Å². The molecule has 0 aliphatic carbocycles. The highest BCUT2D eigenvalue weighted by atomic mass is 16.4. The minimum Gasteiger partial charge on any atom is -0.481 e. The quantitative estimate of drug-likeness (QED) is 0.554. The van der Waals surface area contributed by atoms with Crippen LogP contribution >= 0.6 is 0 Å². The predicted octanol–water partition coefficient (Wildman–Crippen LogP) is 0.0881. The Balaban J connectivity index is 4.54. The van der Waals surface area contributed by atoms with E-state index in [-0.39, 0.29) is 13.2 Å². The van der Waals surface area contributed by atoms with Crippen molar-refractivity contribution < 1.29 is 20.1 Å². The highest BCUT2D eigenvalue weighted by Gasteiger charge is 2.36. The zero-order valence-electron chi connectivity index (χ0n) is 7.45. The second-order valence-electron chi connectivity index (χ2n) is 3.27. The zero-order chi connectivity index (χ0) is 9.78. The van der Waals surface area contributed by atoms with Crippen molar-refractivity contribution >= 4 is 5.97 Å². The Morgan fingerprint density at radius 3 is 1.92 bits per heavy atom. The van der Waals surface area contributed by atoms with E-state index in [1.54, 1.807) is 13.8 Å². The standard InChI is InChI=1S/C8H16O4/c1-3-6(7(11)12)8(2,4-9)5-10/h6,9-10H,3-5H2,1-2H3,(H,11,12). The molecule has 4 heteroatoms. The average Bonchev–Trinajstić information content (AvgIpc) is 2.04. The molecule has 0 spiro atoms. The Hall–Kier alpha value is -0.610. The van der Waals surface area contributed by atoms with Crippen LogP contribution in [0.2, 0.25) is 0 Å². The number of aliphatic carboxylic acids is 1. The van der Waals surface area contributed by atoms with Gasteiger partial charge in [-0.05, 0) is 6.42 Å². The molecule has 0 aliphatic heterocycles.